The zero-order valence-electron chi connectivity index (χ0n) is 14.6. The Labute approximate surface area is 151 Å². The number of rotatable bonds is 4. The molecule has 2 heterocycles. The molecule has 1 aliphatic heterocycles. The lowest BCUT2D eigenvalue weighted by Gasteiger charge is -2.22. The molecule has 0 aliphatic carbocycles. The average Bonchev–Trinajstić information content (AvgIpc) is 2.87. The van der Waals surface area contributed by atoms with Crippen molar-refractivity contribution in [3.8, 4) is 5.75 Å². The van der Waals surface area contributed by atoms with Gasteiger partial charge in [-0.3, -0.25) is 14.4 Å². The van der Waals surface area contributed by atoms with Gasteiger partial charge < -0.3 is 19.5 Å². The summed E-state index contributed by atoms with van der Waals surface area (Å²) in [5, 5.41) is 2.74. The van der Waals surface area contributed by atoms with Gasteiger partial charge in [0.15, 0.2) is 11.4 Å². The molecule has 1 fully saturated rings. The van der Waals surface area contributed by atoms with E-state index in [2.05, 4.69) is 5.32 Å². The lowest BCUT2D eigenvalue weighted by atomic mass is 10.2. The Morgan fingerprint density at radius 1 is 1.15 bits per heavy atom. The van der Waals surface area contributed by atoms with Gasteiger partial charge in [-0.05, 0) is 5.56 Å². The zero-order chi connectivity index (χ0) is 18.5. The molecule has 0 spiro atoms. The van der Waals surface area contributed by atoms with E-state index in [9.17, 15) is 14.4 Å². The number of carbonyl (C=O) groups excluding carboxylic acids is 2. The van der Waals surface area contributed by atoms with Crippen molar-refractivity contribution in [3.05, 3.63) is 64.1 Å². The van der Waals surface area contributed by atoms with Gasteiger partial charge in [-0.15, -0.1) is 0 Å². The van der Waals surface area contributed by atoms with Crippen LogP contribution in [0.5, 0.6) is 5.75 Å². The molecule has 0 unspecified atom stereocenters. The SMILES string of the molecule is Cn1ccc(=O)c(OCc2ccccc2)c1C(=O)N1CCNC(=O)CC1. The van der Waals surface area contributed by atoms with E-state index in [-0.39, 0.29) is 41.7 Å². The number of benzene rings is 1. The molecule has 7 heteroatoms. The maximum absolute atomic E-state index is 13.0. The van der Waals surface area contributed by atoms with Crippen LogP contribution < -0.4 is 15.5 Å². The van der Waals surface area contributed by atoms with Gasteiger partial charge in [-0.2, -0.15) is 0 Å². The van der Waals surface area contributed by atoms with E-state index in [1.165, 1.54) is 6.07 Å². The monoisotopic (exact) mass is 355 g/mol. The minimum atomic E-state index is -0.341. The first-order chi connectivity index (χ1) is 12.6. The van der Waals surface area contributed by atoms with Crippen LogP contribution in [-0.2, 0) is 18.4 Å². The predicted octanol–water partition coefficient (Wildman–Crippen LogP) is 0.926. The minimum Gasteiger partial charge on any atom is -0.483 e. The molecule has 3 rings (SSSR count). The standard InChI is InChI=1S/C19H21N3O4/c1-21-10-7-15(23)18(26-13-14-5-3-2-4-6-14)17(21)19(25)22-11-8-16(24)20-9-12-22/h2-7,10H,8-9,11-13H2,1H3,(H,20,24). The van der Waals surface area contributed by atoms with Crippen molar-refractivity contribution in [1.29, 1.82) is 0 Å². The first-order valence-electron chi connectivity index (χ1n) is 8.48. The fourth-order valence-corrected chi connectivity index (χ4v) is 2.84. The molecule has 7 nitrogen and oxygen atoms in total. The third kappa shape index (κ3) is 3.93. The van der Waals surface area contributed by atoms with Crippen LogP contribution in [0.3, 0.4) is 0 Å². The summed E-state index contributed by atoms with van der Waals surface area (Å²) in [5.41, 5.74) is 0.760. The molecule has 136 valence electrons. The number of aromatic nitrogens is 1. The van der Waals surface area contributed by atoms with Gasteiger partial charge in [0.05, 0.1) is 0 Å². The van der Waals surface area contributed by atoms with E-state index in [1.807, 2.05) is 30.3 Å². The van der Waals surface area contributed by atoms with Gasteiger partial charge in [0.2, 0.25) is 11.3 Å². The van der Waals surface area contributed by atoms with Crippen LogP contribution in [0, 0.1) is 0 Å². The highest BCUT2D eigenvalue weighted by molar-refractivity contribution is 5.95. The molecule has 1 aliphatic rings. The molecule has 1 aromatic carbocycles. The highest BCUT2D eigenvalue weighted by atomic mass is 16.5. The number of pyridine rings is 1. The number of carbonyl (C=O) groups is 2. The molecule has 0 saturated carbocycles. The maximum atomic E-state index is 13.0. The van der Waals surface area contributed by atoms with Crippen molar-refractivity contribution >= 4 is 11.8 Å². The summed E-state index contributed by atoms with van der Waals surface area (Å²) < 4.78 is 7.32. The van der Waals surface area contributed by atoms with Crippen LogP contribution in [0.2, 0.25) is 0 Å². The number of hydrogen-bond donors (Lipinski definition) is 1. The Balaban J connectivity index is 1.88. The largest absolute Gasteiger partial charge is 0.483 e. The molecule has 1 N–H and O–H groups in total. The fourth-order valence-electron chi connectivity index (χ4n) is 2.84. The molecule has 1 saturated heterocycles. The molecular formula is C19H21N3O4. The van der Waals surface area contributed by atoms with Crippen molar-refractivity contribution in [2.75, 3.05) is 19.6 Å². The number of nitrogens with zero attached hydrogens (tertiary/aromatic N) is 2. The summed E-state index contributed by atoms with van der Waals surface area (Å²) in [6.07, 6.45) is 1.79. The smallest absolute Gasteiger partial charge is 0.274 e. The predicted molar refractivity (Wildman–Crippen MR) is 96.0 cm³/mol. The lowest BCUT2D eigenvalue weighted by Crippen LogP contribution is -2.36. The van der Waals surface area contributed by atoms with Crippen LogP contribution in [0.25, 0.3) is 0 Å². The Hall–Kier alpha value is -3.09. The van der Waals surface area contributed by atoms with Gasteiger partial charge in [0.1, 0.15) is 6.61 Å². The second kappa shape index (κ2) is 7.86. The number of ether oxygens (including phenoxy) is 1. The normalized spacial score (nSPS) is 14.5. The van der Waals surface area contributed by atoms with E-state index in [0.29, 0.717) is 19.6 Å². The summed E-state index contributed by atoms with van der Waals surface area (Å²) in [4.78, 5) is 38.4. The third-order valence-electron chi connectivity index (χ3n) is 4.27. The number of hydrogen-bond acceptors (Lipinski definition) is 4. The van der Waals surface area contributed by atoms with E-state index in [1.54, 1.807) is 22.7 Å². The first-order valence-corrected chi connectivity index (χ1v) is 8.48. The molecule has 0 atom stereocenters. The number of nitrogens with one attached hydrogen (secondary N) is 1. The van der Waals surface area contributed by atoms with E-state index in [0.717, 1.165) is 5.56 Å². The summed E-state index contributed by atoms with van der Waals surface area (Å²) in [6, 6.07) is 10.8. The van der Waals surface area contributed by atoms with E-state index >= 15 is 0 Å². The molecule has 2 aromatic rings. The van der Waals surface area contributed by atoms with Gasteiger partial charge >= 0.3 is 0 Å². The lowest BCUT2D eigenvalue weighted by molar-refractivity contribution is -0.120. The van der Waals surface area contributed by atoms with Crippen molar-refractivity contribution in [1.82, 2.24) is 14.8 Å². The third-order valence-corrected chi connectivity index (χ3v) is 4.27. The Morgan fingerprint density at radius 3 is 2.69 bits per heavy atom. The summed E-state index contributed by atoms with van der Waals surface area (Å²) in [6.45, 7) is 1.30. The first kappa shape index (κ1) is 17.7. The van der Waals surface area contributed by atoms with Crippen molar-refractivity contribution < 1.29 is 14.3 Å². The maximum Gasteiger partial charge on any atom is 0.274 e. The quantitative estimate of drug-likeness (QED) is 0.885. The summed E-state index contributed by atoms with van der Waals surface area (Å²) in [7, 11) is 1.70. The zero-order valence-corrected chi connectivity index (χ0v) is 14.6. The Kier molecular flexibility index (Phi) is 5.36. The molecule has 1 aromatic heterocycles. The highest BCUT2D eigenvalue weighted by Gasteiger charge is 2.26. The van der Waals surface area contributed by atoms with Gasteiger partial charge in [0, 0.05) is 45.4 Å². The Bertz CT molecular complexity index is 861. The number of amides is 2. The fraction of sp³-hybridized carbons (Fsp3) is 0.316. The Morgan fingerprint density at radius 2 is 1.92 bits per heavy atom. The van der Waals surface area contributed by atoms with Crippen LogP contribution >= 0.6 is 0 Å². The van der Waals surface area contributed by atoms with Crippen LogP contribution in [0.15, 0.2) is 47.4 Å². The van der Waals surface area contributed by atoms with Crippen molar-refractivity contribution in [2.24, 2.45) is 7.05 Å². The highest BCUT2D eigenvalue weighted by Crippen LogP contribution is 2.17. The molecule has 0 bridgehead atoms. The van der Waals surface area contributed by atoms with Gasteiger partial charge in [-0.25, -0.2) is 0 Å². The van der Waals surface area contributed by atoms with E-state index < -0.39 is 0 Å². The topological polar surface area (TPSA) is 80.6 Å². The molecule has 26 heavy (non-hydrogen) atoms. The second-order valence-corrected chi connectivity index (χ2v) is 6.14. The second-order valence-electron chi connectivity index (χ2n) is 6.14. The van der Waals surface area contributed by atoms with Crippen molar-refractivity contribution in [2.45, 2.75) is 13.0 Å². The molecule has 0 radical (unpaired) electrons. The van der Waals surface area contributed by atoms with Gasteiger partial charge in [0.25, 0.3) is 5.91 Å². The molecule has 2 amide bonds. The van der Waals surface area contributed by atoms with Crippen LogP contribution in [0.4, 0.5) is 0 Å². The molecular weight excluding hydrogens is 334 g/mol. The van der Waals surface area contributed by atoms with Gasteiger partial charge in [-0.1, -0.05) is 30.3 Å². The number of aryl methyl sites for hydroxylation is 1. The summed E-state index contributed by atoms with van der Waals surface area (Å²) >= 11 is 0. The van der Waals surface area contributed by atoms with Crippen molar-refractivity contribution in [3.63, 3.8) is 0 Å². The van der Waals surface area contributed by atoms with E-state index in [4.69, 9.17) is 4.74 Å². The minimum absolute atomic E-state index is 0.0346. The van der Waals surface area contributed by atoms with Crippen LogP contribution in [0.1, 0.15) is 22.5 Å². The summed E-state index contributed by atoms with van der Waals surface area (Å²) in [5.74, 6) is -0.361. The average molecular weight is 355 g/mol. The van der Waals surface area contributed by atoms with Crippen LogP contribution in [-0.4, -0.2) is 40.9 Å².